The molecule has 0 fully saturated rings. The summed E-state index contributed by atoms with van der Waals surface area (Å²) in [4.78, 5) is 14.1. The van der Waals surface area contributed by atoms with Crippen molar-refractivity contribution < 1.29 is 0 Å². The molecule has 30 heavy (non-hydrogen) atoms. The van der Waals surface area contributed by atoms with Gasteiger partial charge in [-0.3, -0.25) is 0 Å². The molecule has 0 amide bonds. The fraction of sp³-hybridized carbons (Fsp3) is 0.174. The average molecular weight is 502 g/mol. The number of rotatable bonds is 2. The first-order chi connectivity index (χ1) is 14.1. The Hall–Kier alpha value is -2.21. The zero-order chi connectivity index (χ0) is 21.6. The number of pyridine rings is 1. The number of halogens is 3. The van der Waals surface area contributed by atoms with Crippen LogP contribution < -0.4 is 5.73 Å². The van der Waals surface area contributed by atoms with Crippen molar-refractivity contribution in [2.75, 3.05) is 5.73 Å². The van der Waals surface area contributed by atoms with E-state index in [1.54, 1.807) is 0 Å². The first kappa shape index (κ1) is 21.0. The number of anilines is 1. The molecule has 2 N–H and O–H groups in total. The maximum Gasteiger partial charge on any atom is 0.165 e. The number of nitrogens with two attached hydrogens (primary N) is 1. The first-order valence-electron chi connectivity index (χ1n) is 9.33. The Morgan fingerprint density at radius 1 is 0.867 bits per heavy atom. The molecule has 0 atom stereocenters. The number of hydrogen-bond acceptors (Lipinski definition) is 4. The molecule has 0 radical (unpaired) electrons. The molecule has 0 unspecified atom stereocenters. The van der Waals surface area contributed by atoms with Crippen LogP contribution in [0.25, 0.3) is 33.4 Å². The Bertz CT molecular complexity index is 1270. The Morgan fingerprint density at radius 3 is 2.20 bits per heavy atom. The van der Waals surface area contributed by atoms with Gasteiger partial charge in [0.15, 0.2) is 5.65 Å². The van der Waals surface area contributed by atoms with Crippen LogP contribution in [0.5, 0.6) is 0 Å². The normalized spacial score (nSPS) is 11.8. The molecular formula is C23H19BrCl2N4. The lowest BCUT2D eigenvalue weighted by Gasteiger charge is -2.18. The molecule has 4 rings (SSSR count). The lowest BCUT2D eigenvalue weighted by Crippen LogP contribution is -2.17. The summed E-state index contributed by atoms with van der Waals surface area (Å²) in [5.74, 6) is 1.05. The predicted octanol–water partition coefficient (Wildman–Crippen LogP) is 7.31. The van der Waals surface area contributed by atoms with Gasteiger partial charge >= 0.3 is 0 Å². The van der Waals surface area contributed by atoms with E-state index in [0.29, 0.717) is 32.7 Å². The Kier molecular flexibility index (Phi) is 5.47. The van der Waals surface area contributed by atoms with E-state index >= 15 is 0 Å². The van der Waals surface area contributed by atoms with Crippen molar-refractivity contribution in [3.8, 4) is 22.4 Å². The highest BCUT2D eigenvalue weighted by molar-refractivity contribution is 9.10. The molecule has 0 aliphatic rings. The minimum Gasteiger partial charge on any atom is -0.383 e. The van der Waals surface area contributed by atoms with Crippen LogP contribution >= 0.6 is 39.1 Å². The predicted molar refractivity (Wildman–Crippen MR) is 129 cm³/mol. The quantitative estimate of drug-likeness (QED) is 0.312. The highest BCUT2D eigenvalue weighted by Gasteiger charge is 2.22. The third-order valence-electron chi connectivity index (χ3n) is 4.73. The molecule has 0 bridgehead atoms. The standard InChI is InChI=1S/C23H19BrCl2N4/c1-23(2,3)22-29-20(27)17-11-16(12-4-7-14(25)8-5-12)19(28-21(17)30-22)15-9-6-13(24)10-18(15)26/h4-11H,1-3H3,(H2,27,28,29,30). The van der Waals surface area contributed by atoms with E-state index in [4.69, 9.17) is 38.9 Å². The van der Waals surface area contributed by atoms with Gasteiger partial charge in [-0.25, -0.2) is 15.0 Å². The van der Waals surface area contributed by atoms with Gasteiger partial charge in [0.1, 0.15) is 11.6 Å². The molecule has 0 saturated carbocycles. The number of nitrogens with zero attached hydrogens (tertiary/aromatic N) is 3. The van der Waals surface area contributed by atoms with Gasteiger partial charge in [-0.15, -0.1) is 0 Å². The van der Waals surface area contributed by atoms with Crippen molar-refractivity contribution in [2.24, 2.45) is 0 Å². The van der Waals surface area contributed by atoms with Crippen molar-refractivity contribution in [2.45, 2.75) is 26.2 Å². The number of benzene rings is 2. The second-order valence-electron chi connectivity index (χ2n) is 8.07. The number of nitrogen functional groups attached to an aromatic ring is 1. The highest BCUT2D eigenvalue weighted by atomic mass is 79.9. The summed E-state index contributed by atoms with van der Waals surface area (Å²) in [6, 6.07) is 15.3. The van der Waals surface area contributed by atoms with Crippen molar-refractivity contribution in [3.05, 3.63) is 68.9 Å². The molecule has 0 aliphatic carbocycles. The summed E-state index contributed by atoms with van der Waals surface area (Å²) in [5, 5.41) is 1.95. The van der Waals surface area contributed by atoms with Gasteiger partial charge in [-0.1, -0.05) is 78.1 Å². The molecule has 2 aromatic carbocycles. The molecule has 4 nitrogen and oxygen atoms in total. The fourth-order valence-corrected chi connectivity index (χ4v) is 4.04. The Balaban J connectivity index is 2.07. The van der Waals surface area contributed by atoms with Gasteiger partial charge in [0, 0.05) is 26.0 Å². The zero-order valence-corrected chi connectivity index (χ0v) is 19.8. The third kappa shape index (κ3) is 4.02. The maximum atomic E-state index is 6.59. The van der Waals surface area contributed by atoms with E-state index in [9.17, 15) is 0 Å². The fourth-order valence-electron chi connectivity index (χ4n) is 3.15. The summed E-state index contributed by atoms with van der Waals surface area (Å²) in [7, 11) is 0. The molecule has 0 aliphatic heterocycles. The molecule has 7 heteroatoms. The Labute approximate surface area is 193 Å². The van der Waals surface area contributed by atoms with Crippen LogP contribution in [-0.2, 0) is 5.41 Å². The van der Waals surface area contributed by atoms with Crippen LogP contribution in [0.1, 0.15) is 26.6 Å². The van der Waals surface area contributed by atoms with E-state index in [-0.39, 0.29) is 5.41 Å². The first-order valence-corrected chi connectivity index (χ1v) is 10.9. The van der Waals surface area contributed by atoms with Crippen LogP contribution in [-0.4, -0.2) is 15.0 Å². The zero-order valence-electron chi connectivity index (χ0n) is 16.7. The Morgan fingerprint density at radius 2 is 1.57 bits per heavy atom. The van der Waals surface area contributed by atoms with Crippen molar-refractivity contribution in [3.63, 3.8) is 0 Å². The van der Waals surface area contributed by atoms with Gasteiger partial charge in [-0.05, 0) is 35.9 Å². The number of aromatic nitrogens is 3. The highest BCUT2D eigenvalue weighted by Crippen LogP contribution is 2.38. The second kappa shape index (κ2) is 7.80. The lowest BCUT2D eigenvalue weighted by atomic mass is 9.95. The smallest absolute Gasteiger partial charge is 0.165 e. The summed E-state index contributed by atoms with van der Waals surface area (Å²) in [5.41, 5.74) is 9.96. The molecule has 152 valence electrons. The molecular weight excluding hydrogens is 483 g/mol. The minimum absolute atomic E-state index is 0.256. The number of fused-ring (bicyclic) bond motifs is 1. The van der Waals surface area contributed by atoms with Crippen LogP contribution in [0.3, 0.4) is 0 Å². The molecule has 0 spiro atoms. The summed E-state index contributed by atoms with van der Waals surface area (Å²) in [6.07, 6.45) is 0. The van der Waals surface area contributed by atoms with Gasteiger partial charge in [0.2, 0.25) is 0 Å². The van der Waals surface area contributed by atoms with Gasteiger partial charge in [0.25, 0.3) is 0 Å². The van der Waals surface area contributed by atoms with Crippen LogP contribution in [0.15, 0.2) is 53.0 Å². The van der Waals surface area contributed by atoms with E-state index < -0.39 is 0 Å². The summed E-state index contributed by atoms with van der Waals surface area (Å²) in [6.45, 7) is 6.13. The minimum atomic E-state index is -0.256. The summed E-state index contributed by atoms with van der Waals surface area (Å²) < 4.78 is 0.895. The topological polar surface area (TPSA) is 64.7 Å². The van der Waals surface area contributed by atoms with Crippen molar-refractivity contribution in [1.29, 1.82) is 0 Å². The third-order valence-corrected chi connectivity index (χ3v) is 5.79. The molecule has 0 saturated heterocycles. The van der Waals surface area contributed by atoms with Crippen molar-refractivity contribution >= 4 is 56.0 Å². The number of hydrogen-bond donors (Lipinski definition) is 1. The van der Waals surface area contributed by atoms with Crippen LogP contribution in [0, 0.1) is 0 Å². The largest absolute Gasteiger partial charge is 0.383 e. The van der Waals surface area contributed by atoms with E-state index in [1.165, 1.54) is 0 Å². The van der Waals surface area contributed by atoms with Crippen LogP contribution in [0.4, 0.5) is 5.82 Å². The van der Waals surface area contributed by atoms with Gasteiger partial charge in [-0.2, -0.15) is 0 Å². The van der Waals surface area contributed by atoms with Gasteiger partial charge < -0.3 is 5.73 Å². The SMILES string of the molecule is CC(C)(C)c1nc(N)c2cc(-c3ccc(Cl)cc3)c(-c3ccc(Br)cc3Cl)nc2n1. The second-order valence-corrected chi connectivity index (χ2v) is 9.83. The monoisotopic (exact) mass is 500 g/mol. The van der Waals surface area contributed by atoms with Crippen LogP contribution in [0.2, 0.25) is 10.0 Å². The lowest BCUT2D eigenvalue weighted by molar-refractivity contribution is 0.549. The molecule has 4 aromatic rings. The van der Waals surface area contributed by atoms with E-state index in [1.807, 2.05) is 69.3 Å². The summed E-state index contributed by atoms with van der Waals surface area (Å²) >= 11 is 16.1. The van der Waals surface area contributed by atoms with E-state index in [0.717, 1.165) is 26.9 Å². The molecule has 2 heterocycles. The van der Waals surface area contributed by atoms with E-state index in [2.05, 4.69) is 20.9 Å². The molecule has 2 aromatic heterocycles. The maximum absolute atomic E-state index is 6.59. The average Bonchev–Trinajstić information content (AvgIpc) is 2.67. The van der Waals surface area contributed by atoms with Gasteiger partial charge in [0.05, 0.1) is 16.1 Å². The van der Waals surface area contributed by atoms with Crippen molar-refractivity contribution in [1.82, 2.24) is 15.0 Å².